The molecule has 0 aromatic heterocycles. The van der Waals surface area contributed by atoms with Crippen molar-refractivity contribution in [2.75, 3.05) is 6.67 Å². The molecule has 1 unspecified atom stereocenters. The maximum absolute atomic E-state index is 11.9. The van der Waals surface area contributed by atoms with Gasteiger partial charge in [0.15, 0.2) is 0 Å². The summed E-state index contributed by atoms with van der Waals surface area (Å²) in [5.74, 6) is 0.0370. The van der Waals surface area contributed by atoms with Crippen LogP contribution in [0.3, 0.4) is 0 Å². The molecule has 0 saturated carbocycles. The monoisotopic (exact) mass is 156 g/mol. The number of aliphatic hydroxyl groups excluding tert-OH is 1. The molecule has 0 bridgehead atoms. The Morgan fingerprint density at radius 2 is 2.18 bits per heavy atom. The smallest absolute Gasteiger partial charge is 0.119 e. The molecule has 60 valence electrons. The van der Waals surface area contributed by atoms with Gasteiger partial charge in [-0.1, -0.05) is 12.1 Å². The minimum atomic E-state index is -1.12. The molecule has 0 aliphatic carbocycles. The van der Waals surface area contributed by atoms with Crippen molar-refractivity contribution >= 4 is 0 Å². The number of phenols is 1. The molecule has 1 atom stereocenters. The summed E-state index contributed by atoms with van der Waals surface area (Å²) >= 11 is 0. The maximum Gasteiger partial charge on any atom is 0.119 e. The van der Waals surface area contributed by atoms with Crippen LogP contribution in [0.2, 0.25) is 0 Å². The van der Waals surface area contributed by atoms with Crippen molar-refractivity contribution < 1.29 is 14.6 Å². The van der Waals surface area contributed by atoms with Gasteiger partial charge < -0.3 is 10.2 Å². The first-order chi connectivity index (χ1) is 5.24. The molecule has 0 saturated heterocycles. The molecule has 0 amide bonds. The molecule has 11 heavy (non-hydrogen) atoms. The first-order valence-corrected chi connectivity index (χ1v) is 3.27. The van der Waals surface area contributed by atoms with Gasteiger partial charge in [-0.15, -0.1) is 0 Å². The van der Waals surface area contributed by atoms with E-state index < -0.39 is 12.8 Å². The second-order valence-corrected chi connectivity index (χ2v) is 2.27. The molecule has 0 spiro atoms. The normalized spacial score (nSPS) is 12.9. The first kappa shape index (κ1) is 8.01. The second kappa shape index (κ2) is 3.34. The Morgan fingerprint density at radius 3 is 2.73 bits per heavy atom. The summed E-state index contributed by atoms with van der Waals surface area (Å²) in [6.45, 7) is -0.830. The van der Waals surface area contributed by atoms with Crippen molar-refractivity contribution in [2.45, 2.75) is 6.10 Å². The van der Waals surface area contributed by atoms with E-state index in [0.29, 0.717) is 5.56 Å². The predicted octanol–water partition coefficient (Wildman–Crippen LogP) is 1.40. The lowest BCUT2D eigenvalue weighted by atomic mass is 10.1. The fourth-order valence-electron chi connectivity index (χ4n) is 0.821. The zero-order valence-electron chi connectivity index (χ0n) is 5.87. The Morgan fingerprint density at radius 1 is 1.45 bits per heavy atom. The van der Waals surface area contributed by atoms with Crippen molar-refractivity contribution in [1.82, 2.24) is 0 Å². The van der Waals surface area contributed by atoms with Gasteiger partial charge in [-0.25, -0.2) is 4.39 Å². The van der Waals surface area contributed by atoms with Gasteiger partial charge in [-0.05, 0) is 17.7 Å². The zero-order valence-corrected chi connectivity index (χ0v) is 5.87. The highest BCUT2D eigenvalue weighted by atomic mass is 19.1. The van der Waals surface area contributed by atoms with E-state index in [1.807, 2.05) is 0 Å². The molecular weight excluding hydrogens is 147 g/mol. The summed E-state index contributed by atoms with van der Waals surface area (Å²) in [6.07, 6.45) is -1.12. The van der Waals surface area contributed by atoms with Gasteiger partial charge in [0.1, 0.15) is 18.5 Å². The molecule has 3 heteroatoms. The molecule has 2 N–H and O–H groups in total. The van der Waals surface area contributed by atoms with E-state index in [-0.39, 0.29) is 5.75 Å². The number of hydrogen-bond acceptors (Lipinski definition) is 2. The van der Waals surface area contributed by atoms with Crippen molar-refractivity contribution in [1.29, 1.82) is 0 Å². The molecule has 1 aromatic rings. The third kappa shape index (κ3) is 1.91. The highest BCUT2D eigenvalue weighted by Gasteiger charge is 2.05. The van der Waals surface area contributed by atoms with Crippen LogP contribution >= 0.6 is 0 Å². The van der Waals surface area contributed by atoms with Gasteiger partial charge in [0, 0.05) is 0 Å². The van der Waals surface area contributed by atoms with Gasteiger partial charge >= 0.3 is 0 Å². The number of aromatic hydroxyl groups is 1. The van der Waals surface area contributed by atoms with E-state index in [1.165, 1.54) is 12.1 Å². The SMILES string of the molecule is Oc1cccc(C(O)CF)c1. The molecule has 0 radical (unpaired) electrons. The van der Waals surface area contributed by atoms with Crippen LogP contribution in [-0.2, 0) is 0 Å². The number of hydrogen-bond donors (Lipinski definition) is 2. The predicted molar refractivity (Wildman–Crippen MR) is 39.0 cm³/mol. The van der Waals surface area contributed by atoms with Crippen molar-refractivity contribution in [2.24, 2.45) is 0 Å². The topological polar surface area (TPSA) is 40.5 Å². The molecular formula is C8H9FO2. The lowest BCUT2D eigenvalue weighted by molar-refractivity contribution is 0.141. The fourth-order valence-corrected chi connectivity index (χ4v) is 0.821. The van der Waals surface area contributed by atoms with Crippen LogP contribution < -0.4 is 0 Å². The van der Waals surface area contributed by atoms with Crippen LogP contribution in [0.1, 0.15) is 11.7 Å². The third-order valence-corrected chi connectivity index (χ3v) is 1.40. The van der Waals surface area contributed by atoms with E-state index in [9.17, 15) is 4.39 Å². The van der Waals surface area contributed by atoms with E-state index >= 15 is 0 Å². The van der Waals surface area contributed by atoms with Crippen molar-refractivity contribution in [3.05, 3.63) is 29.8 Å². The highest BCUT2D eigenvalue weighted by Crippen LogP contribution is 2.17. The minimum absolute atomic E-state index is 0.0370. The average Bonchev–Trinajstić information content (AvgIpc) is 2.03. The lowest BCUT2D eigenvalue weighted by Crippen LogP contribution is -1.97. The first-order valence-electron chi connectivity index (χ1n) is 3.27. The van der Waals surface area contributed by atoms with Crippen LogP contribution in [-0.4, -0.2) is 16.9 Å². The highest BCUT2D eigenvalue weighted by molar-refractivity contribution is 5.28. The quantitative estimate of drug-likeness (QED) is 0.679. The van der Waals surface area contributed by atoms with Gasteiger partial charge in [0.25, 0.3) is 0 Å². The largest absolute Gasteiger partial charge is 0.508 e. The second-order valence-electron chi connectivity index (χ2n) is 2.27. The summed E-state index contributed by atoms with van der Waals surface area (Å²) in [5, 5.41) is 17.9. The Hall–Kier alpha value is -1.09. The molecule has 1 aromatic carbocycles. The van der Waals surface area contributed by atoms with Crippen molar-refractivity contribution in [3.8, 4) is 5.75 Å². The van der Waals surface area contributed by atoms with Crippen LogP contribution in [0.15, 0.2) is 24.3 Å². The Kier molecular flexibility index (Phi) is 2.44. The molecule has 0 aliphatic heterocycles. The Bertz CT molecular complexity index is 237. The van der Waals surface area contributed by atoms with E-state index in [0.717, 1.165) is 0 Å². The number of benzene rings is 1. The Labute approximate surface area is 63.9 Å². The van der Waals surface area contributed by atoms with Crippen LogP contribution in [0.4, 0.5) is 4.39 Å². The number of alkyl halides is 1. The van der Waals surface area contributed by atoms with Gasteiger partial charge in [0.2, 0.25) is 0 Å². The number of halogens is 1. The maximum atomic E-state index is 11.9. The molecule has 0 fully saturated rings. The van der Waals surface area contributed by atoms with Gasteiger partial charge in [-0.3, -0.25) is 0 Å². The van der Waals surface area contributed by atoms with Crippen molar-refractivity contribution in [3.63, 3.8) is 0 Å². The van der Waals surface area contributed by atoms with Crippen LogP contribution in [0.5, 0.6) is 5.75 Å². The molecule has 1 rings (SSSR count). The molecule has 2 nitrogen and oxygen atoms in total. The summed E-state index contributed by atoms with van der Waals surface area (Å²) in [6, 6.07) is 5.92. The number of phenolic OH excluding ortho intramolecular Hbond substituents is 1. The minimum Gasteiger partial charge on any atom is -0.508 e. The summed E-state index contributed by atoms with van der Waals surface area (Å²) in [4.78, 5) is 0. The third-order valence-electron chi connectivity index (χ3n) is 1.40. The van der Waals surface area contributed by atoms with E-state index in [2.05, 4.69) is 0 Å². The summed E-state index contributed by atoms with van der Waals surface area (Å²) in [7, 11) is 0. The zero-order chi connectivity index (χ0) is 8.27. The molecule has 0 heterocycles. The molecule has 0 aliphatic rings. The summed E-state index contributed by atoms with van der Waals surface area (Å²) < 4.78 is 11.9. The fraction of sp³-hybridized carbons (Fsp3) is 0.250. The van der Waals surface area contributed by atoms with Crippen LogP contribution in [0.25, 0.3) is 0 Å². The van der Waals surface area contributed by atoms with Crippen LogP contribution in [0, 0.1) is 0 Å². The van der Waals surface area contributed by atoms with E-state index in [4.69, 9.17) is 10.2 Å². The van der Waals surface area contributed by atoms with E-state index in [1.54, 1.807) is 12.1 Å². The van der Waals surface area contributed by atoms with Gasteiger partial charge in [0.05, 0.1) is 0 Å². The number of aliphatic hydroxyl groups is 1. The lowest BCUT2D eigenvalue weighted by Gasteiger charge is -2.05. The summed E-state index contributed by atoms with van der Waals surface area (Å²) in [5.41, 5.74) is 0.396. The van der Waals surface area contributed by atoms with Gasteiger partial charge in [-0.2, -0.15) is 0 Å². The standard InChI is InChI=1S/C8H9FO2/c9-5-8(11)6-2-1-3-7(10)4-6/h1-4,8,10-11H,5H2. The Balaban J connectivity index is 2.86. The number of rotatable bonds is 2. The average molecular weight is 156 g/mol.